The summed E-state index contributed by atoms with van der Waals surface area (Å²) >= 11 is 3.54. The molecule has 3 nitrogen and oxygen atoms in total. The first-order valence-electron chi connectivity index (χ1n) is 6.89. The van der Waals surface area contributed by atoms with Crippen LogP contribution < -0.4 is 5.32 Å². The normalized spacial score (nSPS) is 13.7. The van der Waals surface area contributed by atoms with Gasteiger partial charge in [0.1, 0.15) is 0 Å². The van der Waals surface area contributed by atoms with E-state index in [0.717, 1.165) is 17.9 Å². The first kappa shape index (κ1) is 15.6. The summed E-state index contributed by atoms with van der Waals surface area (Å²) in [6.07, 6.45) is 0. The van der Waals surface area contributed by atoms with Crippen molar-refractivity contribution < 1.29 is 0 Å². The molecule has 2 aromatic rings. The van der Waals surface area contributed by atoms with Gasteiger partial charge in [0.15, 0.2) is 0 Å². The Balaban J connectivity index is 2.08. The maximum Gasteiger partial charge on any atom is 0.0985 e. The largest absolute Gasteiger partial charge is 0.304 e. The van der Waals surface area contributed by atoms with Gasteiger partial charge in [-0.25, -0.2) is 9.97 Å². The molecule has 0 aromatic carbocycles. The lowest BCUT2D eigenvalue weighted by atomic mass is 9.98. The summed E-state index contributed by atoms with van der Waals surface area (Å²) in [6, 6.07) is 0.324. The minimum absolute atomic E-state index is 0.127. The zero-order valence-corrected chi connectivity index (χ0v) is 14.7. The molecule has 110 valence electrons. The number of nitrogens with zero attached hydrogens (tertiary/aromatic N) is 2. The SMILES string of the molecule is Cc1ncsc1CNC(C)c1sc(C(C)(C)C)nc1C. The molecule has 2 aromatic heterocycles. The van der Waals surface area contributed by atoms with Gasteiger partial charge in [0.2, 0.25) is 0 Å². The van der Waals surface area contributed by atoms with Crippen LogP contribution in [0.3, 0.4) is 0 Å². The van der Waals surface area contributed by atoms with Crippen molar-refractivity contribution in [3.63, 3.8) is 0 Å². The second kappa shape index (κ2) is 5.92. The Kier molecular flexibility index (Phi) is 4.62. The monoisotopic (exact) mass is 309 g/mol. The molecule has 0 fully saturated rings. The zero-order valence-electron chi connectivity index (χ0n) is 13.1. The molecule has 0 aliphatic heterocycles. The number of thiazole rings is 2. The Morgan fingerprint density at radius 3 is 2.45 bits per heavy atom. The highest BCUT2D eigenvalue weighted by Gasteiger charge is 2.22. The molecule has 0 amide bonds. The molecule has 0 radical (unpaired) electrons. The molecule has 2 heterocycles. The number of hydrogen-bond acceptors (Lipinski definition) is 5. The van der Waals surface area contributed by atoms with Crippen LogP contribution in [0.2, 0.25) is 0 Å². The highest BCUT2D eigenvalue weighted by atomic mass is 32.1. The van der Waals surface area contributed by atoms with E-state index in [2.05, 4.69) is 51.8 Å². The van der Waals surface area contributed by atoms with Gasteiger partial charge in [-0.05, 0) is 20.8 Å². The maximum absolute atomic E-state index is 4.73. The lowest BCUT2D eigenvalue weighted by Gasteiger charge is -2.14. The van der Waals surface area contributed by atoms with Gasteiger partial charge in [0.05, 0.1) is 21.9 Å². The van der Waals surface area contributed by atoms with E-state index in [0.29, 0.717) is 6.04 Å². The maximum atomic E-state index is 4.73. The Labute approximate surface area is 129 Å². The molecule has 1 atom stereocenters. The van der Waals surface area contributed by atoms with E-state index in [-0.39, 0.29) is 5.41 Å². The fourth-order valence-electron chi connectivity index (χ4n) is 1.97. The summed E-state index contributed by atoms with van der Waals surface area (Å²) < 4.78 is 0. The Hall–Kier alpha value is -0.780. The average molecular weight is 310 g/mol. The van der Waals surface area contributed by atoms with Crippen LogP contribution in [0.25, 0.3) is 0 Å². The van der Waals surface area contributed by atoms with Crippen molar-refractivity contribution in [3.8, 4) is 0 Å². The molecule has 0 saturated carbocycles. The lowest BCUT2D eigenvalue weighted by Crippen LogP contribution is -2.17. The average Bonchev–Trinajstić information content (AvgIpc) is 2.92. The fourth-order valence-corrected chi connectivity index (χ4v) is 3.84. The van der Waals surface area contributed by atoms with Gasteiger partial charge in [0, 0.05) is 27.8 Å². The molecule has 1 unspecified atom stereocenters. The molecule has 0 saturated heterocycles. The van der Waals surface area contributed by atoms with E-state index >= 15 is 0 Å². The van der Waals surface area contributed by atoms with E-state index in [1.807, 2.05) is 16.8 Å². The molecule has 0 spiro atoms. The standard InChI is InChI=1S/C15H23N3S2/c1-9-12(19-8-17-9)7-16-10(2)13-11(3)18-14(20-13)15(4,5)6/h8,10,16H,7H2,1-6H3. The van der Waals surface area contributed by atoms with E-state index in [9.17, 15) is 0 Å². The predicted molar refractivity (Wildman–Crippen MR) is 87.7 cm³/mol. The third-order valence-corrected chi connectivity index (χ3v) is 5.98. The third kappa shape index (κ3) is 3.45. The number of rotatable bonds is 4. The molecule has 0 bridgehead atoms. The van der Waals surface area contributed by atoms with Gasteiger partial charge in [-0.15, -0.1) is 22.7 Å². The topological polar surface area (TPSA) is 37.8 Å². The van der Waals surface area contributed by atoms with Gasteiger partial charge in [0.25, 0.3) is 0 Å². The van der Waals surface area contributed by atoms with Gasteiger partial charge in [-0.1, -0.05) is 20.8 Å². The van der Waals surface area contributed by atoms with Gasteiger partial charge < -0.3 is 5.32 Å². The summed E-state index contributed by atoms with van der Waals surface area (Å²) in [5.41, 5.74) is 4.32. The highest BCUT2D eigenvalue weighted by molar-refractivity contribution is 7.12. The van der Waals surface area contributed by atoms with E-state index < -0.39 is 0 Å². The van der Waals surface area contributed by atoms with Gasteiger partial charge in [-0.2, -0.15) is 0 Å². The molecular formula is C15H23N3S2. The lowest BCUT2D eigenvalue weighted by molar-refractivity contribution is 0.579. The Bertz CT molecular complexity index is 578. The summed E-state index contributed by atoms with van der Waals surface area (Å²) in [7, 11) is 0. The number of nitrogens with one attached hydrogen (secondary N) is 1. The van der Waals surface area contributed by atoms with E-state index in [1.165, 1.54) is 14.8 Å². The van der Waals surface area contributed by atoms with E-state index in [4.69, 9.17) is 4.98 Å². The van der Waals surface area contributed by atoms with Crippen LogP contribution in [0, 0.1) is 13.8 Å². The summed E-state index contributed by atoms with van der Waals surface area (Å²) in [5.74, 6) is 0. The summed E-state index contributed by atoms with van der Waals surface area (Å²) in [4.78, 5) is 11.7. The molecule has 2 rings (SSSR count). The van der Waals surface area contributed by atoms with Crippen molar-refractivity contribution in [1.82, 2.24) is 15.3 Å². The molecular weight excluding hydrogens is 286 g/mol. The van der Waals surface area contributed by atoms with Crippen molar-refractivity contribution in [2.45, 2.75) is 59.5 Å². The van der Waals surface area contributed by atoms with E-state index in [1.54, 1.807) is 11.3 Å². The van der Waals surface area contributed by atoms with Crippen molar-refractivity contribution >= 4 is 22.7 Å². The fraction of sp³-hybridized carbons (Fsp3) is 0.600. The minimum Gasteiger partial charge on any atom is -0.304 e. The van der Waals surface area contributed by atoms with Gasteiger partial charge in [-0.3, -0.25) is 0 Å². The van der Waals surface area contributed by atoms with Crippen molar-refractivity contribution in [3.05, 3.63) is 31.7 Å². The molecule has 5 heteroatoms. The van der Waals surface area contributed by atoms with Crippen LogP contribution in [-0.2, 0) is 12.0 Å². The second-order valence-electron chi connectivity index (χ2n) is 6.18. The van der Waals surface area contributed by atoms with Crippen molar-refractivity contribution in [2.75, 3.05) is 0 Å². The smallest absolute Gasteiger partial charge is 0.0985 e. The van der Waals surface area contributed by atoms with Crippen LogP contribution >= 0.6 is 22.7 Å². The predicted octanol–water partition coefficient (Wildman–Crippen LogP) is 4.36. The van der Waals surface area contributed by atoms with Crippen molar-refractivity contribution in [1.29, 1.82) is 0 Å². The summed E-state index contributed by atoms with van der Waals surface area (Å²) in [6.45, 7) is 13.9. The first-order chi connectivity index (χ1) is 9.29. The molecule has 0 aliphatic rings. The van der Waals surface area contributed by atoms with Crippen LogP contribution in [-0.4, -0.2) is 9.97 Å². The second-order valence-corrected chi connectivity index (χ2v) is 8.15. The van der Waals surface area contributed by atoms with Gasteiger partial charge >= 0.3 is 0 Å². The minimum atomic E-state index is 0.127. The number of hydrogen-bond donors (Lipinski definition) is 1. The molecule has 1 N–H and O–H groups in total. The molecule has 20 heavy (non-hydrogen) atoms. The zero-order chi connectivity index (χ0) is 14.9. The third-order valence-electron chi connectivity index (χ3n) is 3.28. The van der Waals surface area contributed by atoms with Crippen molar-refractivity contribution in [2.24, 2.45) is 0 Å². The number of aromatic nitrogens is 2. The van der Waals surface area contributed by atoms with Crippen LogP contribution in [0.5, 0.6) is 0 Å². The molecule has 0 aliphatic carbocycles. The summed E-state index contributed by atoms with van der Waals surface area (Å²) in [5, 5.41) is 4.80. The first-order valence-corrected chi connectivity index (χ1v) is 8.59. The number of aryl methyl sites for hydroxylation is 2. The Morgan fingerprint density at radius 2 is 1.95 bits per heavy atom. The van der Waals surface area contributed by atoms with Crippen LogP contribution in [0.1, 0.15) is 59.9 Å². The van der Waals surface area contributed by atoms with Crippen LogP contribution in [0.15, 0.2) is 5.51 Å². The van der Waals surface area contributed by atoms with Crippen LogP contribution in [0.4, 0.5) is 0 Å². The highest BCUT2D eigenvalue weighted by Crippen LogP contribution is 2.32. The quantitative estimate of drug-likeness (QED) is 0.911. The Morgan fingerprint density at radius 1 is 1.25 bits per heavy atom.